The maximum Gasteiger partial charge on any atom is 0.0243 e. The summed E-state index contributed by atoms with van der Waals surface area (Å²) in [5.74, 6) is 0.893. The molecule has 1 unspecified atom stereocenters. The molecule has 2 nitrogen and oxygen atoms in total. The molecule has 0 amide bonds. The van der Waals surface area contributed by atoms with Crippen LogP contribution in [0.5, 0.6) is 0 Å². The smallest absolute Gasteiger partial charge is 0.0243 e. The van der Waals surface area contributed by atoms with Crippen LogP contribution in [0.4, 0.5) is 0 Å². The number of nitrogens with two attached hydrogens (primary N) is 1. The van der Waals surface area contributed by atoms with Crippen molar-refractivity contribution in [2.24, 2.45) is 11.7 Å². The first-order valence-corrected chi connectivity index (χ1v) is 4.70. The summed E-state index contributed by atoms with van der Waals surface area (Å²) in [5.41, 5.74) is 5.72. The van der Waals surface area contributed by atoms with Gasteiger partial charge in [-0.25, -0.2) is 0 Å². The highest BCUT2D eigenvalue weighted by Crippen LogP contribution is 2.31. The van der Waals surface area contributed by atoms with E-state index in [0.29, 0.717) is 6.04 Å². The highest BCUT2D eigenvalue weighted by molar-refractivity contribution is 4.83. The number of rotatable bonds is 4. The van der Waals surface area contributed by atoms with E-state index in [1.54, 1.807) is 0 Å². The van der Waals surface area contributed by atoms with Crippen LogP contribution >= 0.6 is 0 Å². The molecule has 0 spiro atoms. The summed E-state index contributed by atoms with van der Waals surface area (Å²) in [5, 5.41) is 0. The molecule has 0 radical (unpaired) electrons. The molecule has 0 aromatic rings. The molecule has 0 aromatic carbocycles. The van der Waals surface area contributed by atoms with E-state index >= 15 is 0 Å². The van der Waals surface area contributed by atoms with Crippen molar-refractivity contribution in [1.29, 1.82) is 0 Å². The molecule has 0 heterocycles. The van der Waals surface area contributed by atoms with Crippen LogP contribution in [0.2, 0.25) is 0 Å². The molecule has 1 rings (SSSR count). The minimum Gasteiger partial charge on any atom is -0.329 e. The van der Waals surface area contributed by atoms with Gasteiger partial charge in [-0.1, -0.05) is 13.3 Å². The van der Waals surface area contributed by atoms with Gasteiger partial charge in [-0.3, -0.25) is 0 Å². The summed E-state index contributed by atoms with van der Waals surface area (Å²) in [4.78, 5) is 2.38. The number of hydrogen-bond acceptors (Lipinski definition) is 2. The van der Waals surface area contributed by atoms with Crippen molar-refractivity contribution in [3.05, 3.63) is 0 Å². The summed E-state index contributed by atoms with van der Waals surface area (Å²) in [7, 11) is 2.18. The summed E-state index contributed by atoms with van der Waals surface area (Å²) in [6.07, 6.45) is 4.21. The zero-order valence-electron chi connectivity index (χ0n) is 7.71. The van der Waals surface area contributed by atoms with E-state index in [0.717, 1.165) is 19.0 Å². The maximum atomic E-state index is 5.72. The number of hydrogen-bond donors (Lipinski definition) is 1. The third-order valence-electron chi connectivity index (χ3n) is 3.00. The van der Waals surface area contributed by atoms with E-state index in [1.165, 1.54) is 19.3 Å². The van der Waals surface area contributed by atoms with E-state index in [-0.39, 0.29) is 0 Å². The van der Waals surface area contributed by atoms with Gasteiger partial charge in [-0.05, 0) is 32.4 Å². The zero-order chi connectivity index (χ0) is 8.27. The summed E-state index contributed by atoms with van der Waals surface area (Å²) in [6.45, 7) is 4.15. The Hall–Kier alpha value is -0.0800. The van der Waals surface area contributed by atoms with Crippen molar-refractivity contribution in [1.82, 2.24) is 4.90 Å². The topological polar surface area (TPSA) is 29.3 Å². The second-order valence-corrected chi connectivity index (χ2v) is 3.57. The highest BCUT2D eigenvalue weighted by Gasteiger charge is 2.28. The molecule has 2 N–H and O–H groups in total. The standard InChI is InChI=1S/C9H20N2/c1-3-11(2)9(7-10)8-5-4-6-8/h8-9H,3-7,10H2,1-2H3. The Balaban J connectivity index is 2.34. The lowest BCUT2D eigenvalue weighted by atomic mass is 9.79. The average molecular weight is 156 g/mol. The lowest BCUT2D eigenvalue weighted by molar-refractivity contribution is 0.129. The fraction of sp³-hybridized carbons (Fsp3) is 1.00. The van der Waals surface area contributed by atoms with E-state index in [2.05, 4.69) is 18.9 Å². The Labute approximate surface area is 69.8 Å². The SMILES string of the molecule is CCN(C)C(CN)C1CCC1. The number of likely N-dealkylation sites (N-methyl/N-ethyl adjacent to an activating group) is 1. The quantitative estimate of drug-likeness (QED) is 0.659. The van der Waals surface area contributed by atoms with Gasteiger partial charge in [0.15, 0.2) is 0 Å². The molecule has 1 aliphatic rings. The van der Waals surface area contributed by atoms with Gasteiger partial charge < -0.3 is 10.6 Å². The maximum absolute atomic E-state index is 5.72. The Bertz CT molecular complexity index is 105. The van der Waals surface area contributed by atoms with Gasteiger partial charge in [0.25, 0.3) is 0 Å². The molecular weight excluding hydrogens is 136 g/mol. The Morgan fingerprint density at radius 3 is 2.45 bits per heavy atom. The fourth-order valence-electron chi connectivity index (χ4n) is 1.79. The van der Waals surface area contributed by atoms with Crippen molar-refractivity contribution >= 4 is 0 Å². The predicted octanol–water partition coefficient (Wildman–Crippen LogP) is 1.07. The Morgan fingerprint density at radius 2 is 2.18 bits per heavy atom. The molecule has 11 heavy (non-hydrogen) atoms. The van der Waals surface area contributed by atoms with Gasteiger partial charge in [0.05, 0.1) is 0 Å². The van der Waals surface area contributed by atoms with Crippen molar-refractivity contribution < 1.29 is 0 Å². The summed E-state index contributed by atoms with van der Waals surface area (Å²) < 4.78 is 0. The molecule has 2 heteroatoms. The minimum atomic E-state index is 0.647. The van der Waals surface area contributed by atoms with Crippen molar-refractivity contribution in [3.63, 3.8) is 0 Å². The Morgan fingerprint density at radius 1 is 1.55 bits per heavy atom. The number of nitrogens with zero attached hydrogens (tertiary/aromatic N) is 1. The van der Waals surface area contributed by atoms with E-state index in [4.69, 9.17) is 5.73 Å². The average Bonchev–Trinajstić information content (AvgIpc) is 1.94. The predicted molar refractivity (Wildman–Crippen MR) is 48.5 cm³/mol. The third-order valence-corrected chi connectivity index (χ3v) is 3.00. The molecule has 1 aliphatic carbocycles. The van der Waals surface area contributed by atoms with Crippen LogP contribution in [-0.2, 0) is 0 Å². The second kappa shape index (κ2) is 4.07. The molecular formula is C9H20N2. The van der Waals surface area contributed by atoms with Crippen LogP contribution in [0.25, 0.3) is 0 Å². The van der Waals surface area contributed by atoms with Crippen molar-refractivity contribution in [2.45, 2.75) is 32.2 Å². The molecule has 0 saturated heterocycles. The van der Waals surface area contributed by atoms with Gasteiger partial charge in [0.1, 0.15) is 0 Å². The second-order valence-electron chi connectivity index (χ2n) is 3.57. The van der Waals surface area contributed by atoms with Crippen LogP contribution in [-0.4, -0.2) is 31.1 Å². The monoisotopic (exact) mass is 156 g/mol. The first-order valence-electron chi connectivity index (χ1n) is 4.70. The Kier molecular flexibility index (Phi) is 3.34. The van der Waals surface area contributed by atoms with E-state index in [1.807, 2.05) is 0 Å². The normalized spacial score (nSPS) is 21.8. The van der Waals surface area contributed by atoms with Gasteiger partial charge in [0.2, 0.25) is 0 Å². The molecule has 0 aliphatic heterocycles. The van der Waals surface area contributed by atoms with E-state index in [9.17, 15) is 0 Å². The minimum absolute atomic E-state index is 0.647. The molecule has 1 atom stereocenters. The first kappa shape index (κ1) is 9.01. The van der Waals surface area contributed by atoms with Crippen LogP contribution in [0.1, 0.15) is 26.2 Å². The largest absolute Gasteiger partial charge is 0.329 e. The molecule has 0 aromatic heterocycles. The van der Waals surface area contributed by atoms with Crippen LogP contribution in [0, 0.1) is 5.92 Å². The van der Waals surface area contributed by atoms with Crippen LogP contribution in [0.3, 0.4) is 0 Å². The molecule has 1 saturated carbocycles. The fourth-order valence-corrected chi connectivity index (χ4v) is 1.79. The van der Waals surface area contributed by atoms with Crippen LogP contribution in [0.15, 0.2) is 0 Å². The lowest BCUT2D eigenvalue weighted by Crippen LogP contribution is -2.45. The van der Waals surface area contributed by atoms with Gasteiger partial charge in [-0.2, -0.15) is 0 Å². The van der Waals surface area contributed by atoms with Gasteiger partial charge in [-0.15, -0.1) is 0 Å². The van der Waals surface area contributed by atoms with Gasteiger partial charge >= 0.3 is 0 Å². The summed E-state index contributed by atoms with van der Waals surface area (Å²) in [6, 6.07) is 0.647. The zero-order valence-corrected chi connectivity index (χ0v) is 7.71. The third kappa shape index (κ3) is 1.94. The molecule has 1 fully saturated rings. The lowest BCUT2D eigenvalue weighted by Gasteiger charge is -2.38. The highest BCUT2D eigenvalue weighted by atomic mass is 15.1. The van der Waals surface area contributed by atoms with Crippen LogP contribution < -0.4 is 5.73 Å². The van der Waals surface area contributed by atoms with Crippen molar-refractivity contribution in [3.8, 4) is 0 Å². The first-order chi connectivity index (χ1) is 5.29. The van der Waals surface area contributed by atoms with Crippen molar-refractivity contribution in [2.75, 3.05) is 20.1 Å². The van der Waals surface area contributed by atoms with Gasteiger partial charge in [0, 0.05) is 12.6 Å². The molecule has 66 valence electrons. The summed E-state index contributed by atoms with van der Waals surface area (Å²) >= 11 is 0. The molecule has 0 bridgehead atoms. The van der Waals surface area contributed by atoms with E-state index < -0.39 is 0 Å².